The van der Waals surface area contributed by atoms with Crippen LogP contribution in [0.25, 0.3) is 0 Å². The van der Waals surface area contributed by atoms with Crippen molar-refractivity contribution in [3.05, 3.63) is 48.0 Å². The fourth-order valence-electron chi connectivity index (χ4n) is 3.94. The number of amidine groups is 1. The number of rotatable bonds is 6. The molecule has 10 heteroatoms. The maximum Gasteiger partial charge on any atom is 0.252 e. The van der Waals surface area contributed by atoms with Gasteiger partial charge in [0.1, 0.15) is 5.75 Å². The Kier molecular flexibility index (Phi) is 6.34. The molecule has 0 N–H and O–H groups in total. The van der Waals surface area contributed by atoms with Crippen molar-refractivity contribution < 1.29 is 27.4 Å². The normalized spacial score (nSPS) is 22.6. The first-order valence-electron chi connectivity index (χ1n) is 9.96. The number of methoxy groups -OCH3 is 3. The molecular formula is C22H24N2O6S2. The van der Waals surface area contributed by atoms with Crippen molar-refractivity contribution in [2.75, 3.05) is 37.7 Å². The van der Waals surface area contributed by atoms with Crippen LogP contribution >= 0.6 is 11.8 Å². The summed E-state index contributed by atoms with van der Waals surface area (Å²) < 4.78 is 40.3. The van der Waals surface area contributed by atoms with Gasteiger partial charge in [0, 0.05) is 17.0 Å². The molecule has 2 aliphatic rings. The second-order valence-corrected chi connectivity index (χ2v) is 10.9. The lowest BCUT2D eigenvalue weighted by Gasteiger charge is -2.24. The number of aliphatic imine (C=N–C) groups is 1. The molecule has 2 heterocycles. The van der Waals surface area contributed by atoms with Gasteiger partial charge >= 0.3 is 0 Å². The summed E-state index contributed by atoms with van der Waals surface area (Å²) in [5, 5.41) is 0.340. The highest BCUT2D eigenvalue weighted by Crippen LogP contribution is 2.41. The minimum Gasteiger partial charge on any atom is -0.497 e. The molecule has 2 aromatic carbocycles. The van der Waals surface area contributed by atoms with E-state index in [2.05, 4.69) is 4.99 Å². The summed E-state index contributed by atoms with van der Waals surface area (Å²) in [6.07, 6.45) is 0.0873. The van der Waals surface area contributed by atoms with Gasteiger partial charge in [-0.15, -0.1) is 0 Å². The molecule has 0 spiro atoms. The van der Waals surface area contributed by atoms with Gasteiger partial charge in [0.25, 0.3) is 5.91 Å². The first-order valence-corrected chi connectivity index (χ1v) is 12.7. The number of anilines is 1. The predicted molar refractivity (Wildman–Crippen MR) is 125 cm³/mol. The number of hydrogen-bond donors (Lipinski definition) is 0. The van der Waals surface area contributed by atoms with Crippen LogP contribution in [-0.2, 0) is 21.1 Å². The maximum absolute atomic E-state index is 12.8. The average molecular weight is 477 g/mol. The Morgan fingerprint density at radius 2 is 1.84 bits per heavy atom. The molecule has 2 atom stereocenters. The van der Waals surface area contributed by atoms with Gasteiger partial charge in [0.05, 0.1) is 45.3 Å². The standard InChI is InChI=1S/C22H24N2O6S2/c1-28-16-6-4-5-15(11-16)24-17-12-32(26,27)13-20(17)31-22(24)23-21(25)10-14-7-8-18(29-2)19(9-14)30-3/h4-9,11,17,20H,10,12-13H2,1-3H3/t17-,20-/m0/s1. The van der Waals surface area contributed by atoms with Gasteiger partial charge in [0.15, 0.2) is 26.5 Å². The van der Waals surface area contributed by atoms with E-state index in [1.54, 1.807) is 32.4 Å². The summed E-state index contributed by atoms with van der Waals surface area (Å²) in [4.78, 5) is 19.1. The van der Waals surface area contributed by atoms with E-state index in [1.165, 1.54) is 18.9 Å². The van der Waals surface area contributed by atoms with Crippen LogP contribution in [0.3, 0.4) is 0 Å². The van der Waals surface area contributed by atoms with Crippen LogP contribution in [0.5, 0.6) is 17.2 Å². The van der Waals surface area contributed by atoms with Gasteiger partial charge < -0.3 is 19.1 Å². The predicted octanol–water partition coefficient (Wildman–Crippen LogP) is 2.56. The lowest BCUT2D eigenvalue weighted by atomic mass is 10.1. The Morgan fingerprint density at radius 3 is 2.56 bits per heavy atom. The van der Waals surface area contributed by atoms with Gasteiger partial charge in [-0.05, 0) is 29.8 Å². The van der Waals surface area contributed by atoms with E-state index in [-0.39, 0.29) is 35.1 Å². The molecule has 4 rings (SSSR count). The Bertz CT molecular complexity index is 1160. The fraction of sp³-hybridized carbons (Fsp3) is 0.364. The summed E-state index contributed by atoms with van der Waals surface area (Å²) in [5.74, 6) is 1.55. The van der Waals surface area contributed by atoms with Gasteiger partial charge in [-0.1, -0.05) is 23.9 Å². The number of ether oxygens (including phenoxy) is 3. The zero-order valence-corrected chi connectivity index (χ0v) is 19.6. The molecule has 2 fully saturated rings. The summed E-state index contributed by atoms with van der Waals surface area (Å²) in [7, 11) is 1.53. The first-order chi connectivity index (χ1) is 15.3. The lowest BCUT2D eigenvalue weighted by molar-refractivity contribution is -0.117. The number of fused-ring (bicyclic) bond motifs is 1. The van der Waals surface area contributed by atoms with Gasteiger partial charge in [-0.3, -0.25) is 4.79 Å². The van der Waals surface area contributed by atoms with E-state index in [0.717, 1.165) is 11.3 Å². The molecule has 2 saturated heterocycles. The van der Waals surface area contributed by atoms with Crippen LogP contribution in [0.15, 0.2) is 47.5 Å². The third-order valence-electron chi connectivity index (χ3n) is 5.42. The van der Waals surface area contributed by atoms with Crippen LogP contribution in [-0.4, -0.2) is 63.6 Å². The summed E-state index contributed by atoms with van der Waals surface area (Å²) in [5.41, 5.74) is 1.50. The van der Waals surface area contributed by atoms with Crippen LogP contribution in [0.4, 0.5) is 5.69 Å². The molecule has 32 heavy (non-hydrogen) atoms. The Morgan fingerprint density at radius 1 is 1.06 bits per heavy atom. The molecule has 0 radical (unpaired) electrons. The van der Waals surface area contributed by atoms with Crippen LogP contribution in [0.1, 0.15) is 5.56 Å². The first kappa shape index (κ1) is 22.5. The number of sulfone groups is 1. The van der Waals surface area contributed by atoms with Gasteiger partial charge in [-0.2, -0.15) is 4.99 Å². The molecule has 2 aliphatic heterocycles. The van der Waals surface area contributed by atoms with Gasteiger partial charge in [0.2, 0.25) is 0 Å². The Balaban J connectivity index is 1.62. The third kappa shape index (κ3) is 4.56. The summed E-state index contributed by atoms with van der Waals surface area (Å²) >= 11 is 1.34. The molecular weight excluding hydrogens is 452 g/mol. The van der Waals surface area contributed by atoms with Crippen LogP contribution in [0.2, 0.25) is 0 Å². The van der Waals surface area contributed by atoms with Crippen molar-refractivity contribution >= 4 is 38.4 Å². The number of thioether (sulfide) groups is 1. The van der Waals surface area contributed by atoms with E-state index in [0.29, 0.717) is 22.4 Å². The van der Waals surface area contributed by atoms with Crippen molar-refractivity contribution in [2.45, 2.75) is 17.7 Å². The quantitative estimate of drug-likeness (QED) is 0.628. The minimum atomic E-state index is -3.14. The van der Waals surface area contributed by atoms with E-state index in [4.69, 9.17) is 14.2 Å². The smallest absolute Gasteiger partial charge is 0.252 e. The molecule has 0 saturated carbocycles. The highest BCUT2D eigenvalue weighted by Gasteiger charge is 2.49. The van der Waals surface area contributed by atoms with Crippen molar-refractivity contribution in [3.8, 4) is 17.2 Å². The fourth-order valence-corrected chi connectivity index (χ4v) is 7.87. The minimum absolute atomic E-state index is 0.0325. The zero-order chi connectivity index (χ0) is 22.9. The highest BCUT2D eigenvalue weighted by molar-refractivity contribution is 8.16. The number of benzene rings is 2. The molecule has 2 aromatic rings. The topological polar surface area (TPSA) is 94.5 Å². The number of nitrogens with zero attached hydrogens (tertiary/aromatic N) is 2. The van der Waals surface area contributed by atoms with Crippen molar-refractivity contribution in [1.29, 1.82) is 0 Å². The second kappa shape index (κ2) is 9.03. The SMILES string of the molecule is COc1cccc(N2C(=NC(=O)Cc3ccc(OC)c(OC)c3)S[C@H]3CS(=O)(=O)C[C@@H]32)c1. The van der Waals surface area contributed by atoms with Crippen molar-refractivity contribution in [1.82, 2.24) is 0 Å². The van der Waals surface area contributed by atoms with Crippen molar-refractivity contribution in [2.24, 2.45) is 4.99 Å². The molecule has 0 aromatic heterocycles. The average Bonchev–Trinajstić information content (AvgIpc) is 3.23. The van der Waals surface area contributed by atoms with E-state index >= 15 is 0 Å². The lowest BCUT2D eigenvalue weighted by Crippen LogP contribution is -2.37. The summed E-state index contributed by atoms with van der Waals surface area (Å²) in [6.45, 7) is 0. The van der Waals surface area contributed by atoms with E-state index in [9.17, 15) is 13.2 Å². The zero-order valence-electron chi connectivity index (χ0n) is 18.0. The van der Waals surface area contributed by atoms with Crippen molar-refractivity contribution in [3.63, 3.8) is 0 Å². The molecule has 1 amide bonds. The van der Waals surface area contributed by atoms with Crippen LogP contribution in [0, 0.1) is 0 Å². The van der Waals surface area contributed by atoms with E-state index < -0.39 is 9.84 Å². The second-order valence-electron chi connectivity index (χ2n) is 7.53. The largest absolute Gasteiger partial charge is 0.497 e. The van der Waals surface area contributed by atoms with Gasteiger partial charge in [-0.25, -0.2) is 8.42 Å². The third-order valence-corrected chi connectivity index (χ3v) is 8.63. The molecule has 0 bridgehead atoms. The maximum atomic E-state index is 12.8. The Hall–Kier alpha value is -2.72. The molecule has 0 unspecified atom stereocenters. The molecule has 170 valence electrons. The highest BCUT2D eigenvalue weighted by atomic mass is 32.2. The van der Waals surface area contributed by atoms with Crippen LogP contribution < -0.4 is 19.1 Å². The number of carbonyl (C=O) groups excluding carboxylic acids is 1. The monoisotopic (exact) mass is 476 g/mol. The van der Waals surface area contributed by atoms with E-state index in [1.807, 2.05) is 29.2 Å². The molecule has 0 aliphatic carbocycles. The molecule has 8 nitrogen and oxygen atoms in total. The number of hydrogen-bond acceptors (Lipinski definition) is 7. The number of amides is 1. The number of carbonyl (C=O) groups is 1. The summed E-state index contributed by atoms with van der Waals surface area (Å²) in [6, 6.07) is 12.4. The Labute approximate surface area is 191 Å².